The first kappa shape index (κ1) is 16.2. The summed E-state index contributed by atoms with van der Waals surface area (Å²) in [6.07, 6.45) is 3.77. The Morgan fingerprint density at radius 1 is 1.57 bits per heavy atom. The van der Waals surface area contributed by atoms with Crippen molar-refractivity contribution in [3.63, 3.8) is 0 Å². The van der Waals surface area contributed by atoms with Crippen molar-refractivity contribution in [3.05, 3.63) is 40.8 Å². The van der Waals surface area contributed by atoms with E-state index in [4.69, 9.17) is 4.74 Å². The van der Waals surface area contributed by atoms with E-state index in [1.54, 1.807) is 17.5 Å². The number of thiophene rings is 1. The van der Waals surface area contributed by atoms with E-state index in [0.717, 1.165) is 19.6 Å². The molecule has 2 aromatic rings. The zero-order chi connectivity index (χ0) is 16.1. The topological polar surface area (TPSA) is 59.4 Å². The Morgan fingerprint density at radius 2 is 2.48 bits per heavy atom. The highest BCUT2D eigenvalue weighted by Crippen LogP contribution is 2.18. The van der Waals surface area contributed by atoms with Gasteiger partial charge in [0.05, 0.1) is 31.8 Å². The van der Waals surface area contributed by atoms with Crippen LogP contribution in [0.25, 0.3) is 0 Å². The van der Waals surface area contributed by atoms with E-state index in [9.17, 15) is 4.79 Å². The molecule has 0 saturated carbocycles. The zero-order valence-corrected chi connectivity index (χ0v) is 14.0. The lowest BCUT2D eigenvalue weighted by molar-refractivity contribution is -0.125. The van der Waals surface area contributed by atoms with Gasteiger partial charge in [0.1, 0.15) is 0 Å². The molecular formula is C16H22N4O2S. The van der Waals surface area contributed by atoms with Crippen LogP contribution < -0.4 is 5.32 Å². The maximum atomic E-state index is 12.2. The van der Waals surface area contributed by atoms with Gasteiger partial charge in [-0.15, -0.1) is 11.3 Å². The molecule has 3 rings (SSSR count). The number of aromatic nitrogens is 2. The standard InChI is InChI=1S/C16H22N4O2S/c1-13(15-4-2-9-23-15)18-16(21)12-19-7-8-22-14(10-19)11-20-6-3-5-17-20/h2-6,9,13-14H,7-8,10-12H2,1H3,(H,18,21)/t13-,14+/m0/s1. The summed E-state index contributed by atoms with van der Waals surface area (Å²) < 4.78 is 7.64. The number of nitrogens with zero attached hydrogens (tertiary/aromatic N) is 3. The molecule has 0 bridgehead atoms. The maximum Gasteiger partial charge on any atom is 0.234 e. The van der Waals surface area contributed by atoms with Crippen LogP contribution in [0.15, 0.2) is 36.0 Å². The molecular weight excluding hydrogens is 312 g/mol. The van der Waals surface area contributed by atoms with Gasteiger partial charge < -0.3 is 10.1 Å². The average molecular weight is 334 g/mol. The Balaban J connectivity index is 1.46. The number of nitrogens with one attached hydrogen (secondary N) is 1. The van der Waals surface area contributed by atoms with Crippen LogP contribution in [0.5, 0.6) is 0 Å². The van der Waals surface area contributed by atoms with Gasteiger partial charge in [0, 0.05) is 30.4 Å². The van der Waals surface area contributed by atoms with Gasteiger partial charge in [0.15, 0.2) is 0 Å². The summed E-state index contributed by atoms with van der Waals surface area (Å²) in [7, 11) is 0. The lowest BCUT2D eigenvalue weighted by atomic mass is 10.2. The predicted octanol–water partition coefficient (Wildman–Crippen LogP) is 1.52. The van der Waals surface area contributed by atoms with E-state index in [1.807, 2.05) is 41.4 Å². The normalized spacial score (nSPS) is 20.3. The van der Waals surface area contributed by atoms with Gasteiger partial charge in [-0.2, -0.15) is 5.10 Å². The second-order valence-corrected chi connectivity index (χ2v) is 6.74. The molecule has 1 saturated heterocycles. The Hall–Kier alpha value is -1.70. The van der Waals surface area contributed by atoms with Gasteiger partial charge in [-0.25, -0.2) is 0 Å². The molecule has 0 aliphatic carbocycles. The number of ether oxygens (including phenoxy) is 1. The molecule has 124 valence electrons. The summed E-state index contributed by atoms with van der Waals surface area (Å²) in [5.41, 5.74) is 0. The Labute approximate surface area is 140 Å². The van der Waals surface area contributed by atoms with Crippen molar-refractivity contribution in [2.45, 2.75) is 25.6 Å². The minimum absolute atomic E-state index is 0.0587. The third kappa shape index (κ3) is 4.63. The van der Waals surface area contributed by atoms with Gasteiger partial charge in [0.2, 0.25) is 5.91 Å². The molecule has 1 aliphatic heterocycles. The molecule has 7 heteroatoms. The number of amides is 1. The first-order valence-corrected chi connectivity index (χ1v) is 8.73. The molecule has 1 fully saturated rings. The molecule has 0 unspecified atom stereocenters. The highest BCUT2D eigenvalue weighted by Gasteiger charge is 2.23. The quantitative estimate of drug-likeness (QED) is 0.870. The van der Waals surface area contributed by atoms with Gasteiger partial charge in [-0.05, 0) is 24.4 Å². The van der Waals surface area contributed by atoms with Gasteiger partial charge >= 0.3 is 0 Å². The van der Waals surface area contributed by atoms with E-state index in [2.05, 4.69) is 15.3 Å². The maximum absolute atomic E-state index is 12.2. The van der Waals surface area contributed by atoms with Crippen LogP contribution in [0, 0.1) is 0 Å². The van der Waals surface area contributed by atoms with Crippen LogP contribution >= 0.6 is 11.3 Å². The van der Waals surface area contributed by atoms with E-state index in [0.29, 0.717) is 13.2 Å². The van der Waals surface area contributed by atoms with Crippen LogP contribution in [-0.2, 0) is 16.1 Å². The van der Waals surface area contributed by atoms with Crippen molar-refractivity contribution in [3.8, 4) is 0 Å². The number of morpholine rings is 1. The smallest absolute Gasteiger partial charge is 0.234 e. The largest absolute Gasteiger partial charge is 0.374 e. The minimum atomic E-state index is 0.0587. The third-order valence-electron chi connectivity index (χ3n) is 3.89. The second-order valence-electron chi connectivity index (χ2n) is 5.76. The molecule has 2 aromatic heterocycles. The van der Waals surface area contributed by atoms with Gasteiger partial charge in [0.25, 0.3) is 0 Å². The first-order valence-electron chi connectivity index (χ1n) is 7.85. The van der Waals surface area contributed by atoms with E-state index in [1.165, 1.54) is 4.88 Å². The van der Waals surface area contributed by atoms with E-state index < -0.39 is 0 Å². The highest BCUT2D eigenvalue weighted by atomic mass is 32.1. The Kier molecular flexibility index (Phi) is 5.43. The number of hydrogen-bond donors (Lipinski definition) is 1. The Bertz CT molecular complexity index is 600. The molecule has 0 radical (unpaired) electrons. The zero-order valence-electron chi connectivity index (χ0n) is 13.2. The Morgan fingerprint density at radius 3 is 3.22 bits per heavy atom. The fourth-order valence-electron chi connectivity index (χ4n) is 2.75. The fourth-order valence-corrected chi connectivity index (χ4v) is 3.49. The predicted molar refractivity (Wildman–Crippen MR) is 89.3 cm³/mol. The number of carbonyl (C=O) groups excluding carboxylic acids is 1. The fraction of sp³-hybridized carbons (Fsp3) is 0.500. The lowest BCUT2D eigenvalue weighted by Crippen LogP contribution is -2.48. The van der Waals surface area contributed by atoms with Crippen LogP contribution in [0.3, 0.4) is 0 Å². The summed E-state index contributed by atoms with van der Waals surface area (Å²) in [5.74, 6) is 0.0608. The summed E-state index contributed by atoms with van der Waals surface area (Å²) >= 11 is 1.66. The molecule has 23 heavy (non-hydrogen) atoms. The second kappa shape index (κ2) is 7.72. The molecule has 1 amide bonds. The van der Waals surface area contributed by atoms with Crippen molar-refractivity contribution in [2.75, 3.05) is 26.2 Å². The van der Waals surface area contributed by atoms with Crippen molar-refractivity contribution >= 4 is 17.2 Å². The van der Waals surface area contributed by atoms with E-state index >= 15 is 0 Å². The minimum Gasteiger partial charge on any atom is -0.374 e. The van der Waals surface area contributed by atoms with Crippen LogP contribution in [0.4, 0.5) is 0 Å². The third-order valence-corrected chi connectivity index (χ3v) is 4.94. The van der Waals surface area contributed by atoms with Gasteiger partial charge in [-0.3, -0.25) is 14.4 Å². The summed E-state index contributed by atoms with van der Waals surface area (Å²) in [5, 5.41) is 9.29. The molecule has 1 aliphatic rings. The molecule has 6 nitrogen and oxygen atoms in total. The van der Waals surface area contributed by atoms with E-state index in [-0.39, 0.29) is 18.1 Å². The lowest BCUT2D eigenvalue weighted by Gasteiger charge is -2.32. The SMILES string of the molecule is C[C@H](NC(=O)CN1CCO[C@@H](Cn2cccn2)C1)c1cccs1. The first-order chi connectivity index (χ1) is 11.2. The van der Waals surface area contributed by atoms with Crippen molar-refractivity contribution in [1.29, 1.82) is 0 Å². The monoisotopic (exact) mass is 334 g/mol. The number of carbonyl (C=O) groups is 1. The van der Waals surface area contributed by atoms with Crippen LogP contribution in [0.2, 0.25) is 0 Å². The molecule has 0 spiro atoms. The molecule has 0 aromatic carbocycles. The van der Waals surface area contributed by atoms with Crippen molar-refractivity contribution in [1.82, 2.24) is 20.0 Å². The summed E-state index contributed by atoms with van der Waals surface area (Å²) in [4.78, 5) is 15.6. The molecule has 1 N–H and O–H groups in total. The van der Waals surface area contributed by atoms with Gasteiger partial charge in [-0.1, -0.05) is 6.07 Å². The molecule has 3 heterocycles. The number of rotatable bonds is 6. The van der Waals surface area contributed by atoms with Crippen LogP contribution in [-0.4, -0.2) is 52.9 Å². The molecule has 2 atom stereocenters. The van der Waals surface area contributed by atoms with Crippen LogP contribution in [0.1, 0.15) is 17.8 Å². The number of hydrogen-bond acceptors (Lipinski definition) is 5. The van der Waals surface area contributed by atoms with Crippen molar-refractivity contribution in [2.24, 2.45) is 0 Å². The summed E-state index contributed by atoms with van der Waals surface area (Å²) in [6, 6.07) is 6.01. The van der Waals surface area contributed by atoms with Crippen molar-refractivity contribution < 1.29 is 9.53 Å². The summed E-state index contributed by atoms with van der Waals surface area (Å²) in [6.45, 7) is 5.34. The average Bonchev–Trinajstić information content (AvgIpc) is 3.20. The highest BCUT2D eigenvalue weighted by molar-refractivity contribution is 7.10.